The minimum absolute atomic E-state index is 0.126. The van der Waals surface area contributed by atoms with E-state index in [4.69, 9.17) is 0 Å². The Kier molecular flexibility index (Phi) is 6.17. The van der Waals surface area contributed by atoms with Crippen LogP contribution in [0.4, 0.5) is 11.4 Å². The zero-order valence-corrected chi connectivity index (χ0v) is 13.7. The van der Waals surface area contributed by atoms with Gasteiger partial charge in [0.2, 0.25) is 15.9 Å². The Labute approximate surface area is 126 Å². The number of carbonyl (C=O) groups excluding carboxylic acids is 1. The summed E-state index contributed by atoms with van der Waals surface area (Å²) in [6.07, 6.45) is 2.06. The summed E-state index contributed by atoms with van der Waals surface area (Å²) < 4.78 is 24.8. The molecule has 0 aliphatic carbocycles. The fraction of sp³-hybridized carbons (Fsp3) is 0.500. The maximum atomic E-state index is 11.8. The fourth-order valence-electron chi connectivity index (χ4n) is 1.67. The first-order chi connectivity index (χ1) is 9.71. The third kappa shape index (κ3) is 6.59. The number of rotatable bonds is 7. The first-order valence-electron chi connectivity index (χ1n) is 6.83. The lowest BCUT2D eigenvalue weighted by Crippen LogP contribution is -2.33. The minimum Gasteiger partial charge on any atom is -0.325 e. The summed E-state index contributed by atoms with van der Waals surface area (Å²) in [5, 5.41) is 5.88. The van der Waals surface area contributed by atoms with E-state index in [2.05, 4.69) is 15.4 Å². The summed E-state index contributed by atoms with van der Waals surface area (Å²) in [4.78, 5) is 11.8. The van der Waals surface area contributed by atoms with Crippen LogP contribution in [0, 0.1) is 6.92 Å². The summed E-state index contributed by atoms with van der Waals surface area (Å²) in [5.41, 5.74) is 1.89. The van der Waals surface area contributed by atoms with E-state index in [0.29, 0.717) is 17.4 Å². The van der Waals surface area contributed by atoms with E-state index in [9.17, 15) is 13.2 Å². The molecular weight excluding hydrogens is 290 g/mol. The second-order valence-electron chi connectivity index (χ2n) is 5.14. The minimum atomic E-state index is -3.30. The molecular formula is C14H23N3O3S. The fourth-order valence-corrected chi connectivity index (χ4v) is 2.30. The number of hydrogen-bond acceptors (Lipinski definition) is 4. The van der Waals surface area contributed by atoms with Gasteiger partial charge in [0, 0.05) is 11.7 Å². The van der Waals surface area contributed by atoms with Gasteiger partial charge in [-0.15, -0.1) is 0 Å². The van der Waals surface area contributed by atoms with Crippen LogP contribution in [0.25, 0.3) is 0 Å². The highest BCUT2D eigenvalue weighted by Gasteiger charge is 2.08. The Bertz CT molecular complexity index is 599. The van der Waals surface area contributed by atoms with Crippen molar-refractivity contribution in [1.82, 2.24) is 5.32 Å². The maximum absolute atomic E-state index is 11.8. The molecule has 6 nitrogen and oxygen atoms in total. The highest BCUT2D eigenvalue weighted by molar-refractivity contribution is 7.92. The van der Waals surface area contributed by atoms with Crippen LogP contribution in [-0.2, 0) is 14.8 Å². The van der Waals surface area contributed by atoms with Crippen LogP contribution in [-0.4, -0.2) is 33.2 Å². The Hall–Kier alpha value is -1.60. The quantitative estimate of drug-likeness (QED) is 0.715. The summed E-state index contributed by atoms with van der Waals surface area (Å²) >= 11 is 0. The van der Waals surface area contributed by atoms with E-state index in [1.165, 1.54) is 0 Å². The number of sulfonamides is 1. The van der Waals surface area contributed by atoms with Gasteiger partial charge in [0.1, 0.15) is 0 Å². The van der Waals surface area contributed by atoms with Crippen molar-refractivity contribution in [2.45, 2.75) is 33.2 Å². The van der Waals surface area contributed by atoms with Crippen molar-refractivity contribution in [3.8, 4) is 0 Å². The van der Waals surface area contributed by atoms with E-state index in [1.807, 2.05) is 13.8 Å². The maximum Gasteiger partial charge on any atom is 0.238 e. The monoisotopic (exact) mass is 313 g/mol. The normalized spacial score (nSPS) is 12.8. The Morgan fingerprint density at radius 1 is 1.33 bits per heavy atom. The van der Waals surface area contributed by atoms with E-state index in [-0.39, 0.29) is 12.5 Å². The predicted octanol–water partition coefficient (Wildman–Crippen LogP) is 1.69. The molecule has 0 bridgehead atoms. The van der Waals surface area contributed by atoms with Crippen molar-refractivity contribution in [1.29, 1.82) is 0 Å². The van der Waals surface area contributed by atoms with Gasteiger partial charge in [0.15, 0.2) is 0 Å². The van der Waals surface area contributed by atoms with Crippen molar-refractivity contribution < 1.29 is 13.2 Å². The van der Waals surface area contributed by atoms with E-state index < -0.39 is 10.0 Å². The number of carbonyl (C=O) groups is 1. The first-order valence-corrected chi connectivity index (χ1v) is 8.72. The van der Waals surface area contributed by atoms with Crippen LogP contribution in [0.15, 0.2) is 18.2 Å². The molecule has 0 aliphatic rings. The molecule has 0 aliphatic heterocycles. The van der Waals surface area contributed by atoms with E-state index in [0.717, 1.165) is 18.2 Å². The van der Waals surface area contributed by atoms with Crippen LogP contribution in [0.5, 0.6) is 0 Å². The molecule has 118 valence electrons. The molecule has 0 radical (unpaired) electrons. The van der Waals surface area contributed by atoms with Crippen LogP contribution < -0.4 is 15.4 Å². The van der Waals surface area contributed by atoms with Crippen molar-refractivity contribution in [3.63, 3.8) is 0 Å². The highest BCUT2D eigenvalue weighted by atomic mass is 32.2. The van der Waals surface area contributed by atoms with Crippen molar-refractivity contribution >= 4 is 27.3 Å². The topological polar surface area (TPSA) is 87.3 Å². The van der Waals surface area contributed by atoms with Crippen molar-refractivity contribution in [3.05, 3.63) is 23.8 Å². The second kappa shape index (κ2) is 7.42. The van der Waals surface area contributed by atoms with Gasteiger partial charge in [-0.3, -0.25) is 9.52 Å². The lowest BCUT2D eigenvalue weighted by Gasteiger charge is -2.13. The van der Waals surface area contributed by atoms with Gasteiger partial charge >= 0.3 is 0 Å². The van der Waals surface area contributed by atoms with Gasteiger partial charge in [-0.2, -0.15) is 0 Å². The van der Waals surface area contributed by atoms with E-state index >= 15 is 0 Å². The Morgan fingerprint density at radius 3 is 2.52 bits per heavy atom. The van der Waals surface area contributed by atoms with Crippen molar-refractivity contribution in [2.75, 3.05) is 22.8 Å². The molecule has 0 saturated carbocycles. The predicted molar refractivity (Wildman–Crippen MR) is 86.0 cm³/mol. The summed E-state index contributed by atoms with van der Waals surface area (Å²) in [7, 11) is -3.30. The molecule has 0 heterocycles. The Balaban J connectivity index is 2.65. The van der Waals surface area contributed by atoms with Gasteiger partial charge in [0.25, 0.3) is 0 Å². The highest BCUT2D eigenvalue weighted by Crippen LogP contribution is 2.20. The largest absolute Gasteiger partial charge is 0.325 e. The molecule has 0 fully saturated rings. The molecule has 0 spiro atoms. The van der Waals surface area contributed by atoms with Gasteiger partial charge in [-0.25, -0.2) is 8.42 Å². The third-order valence-electron chi connectivity index (χ3n) is 3.03. The van der Waals surface area contributed by atoms with Crippen LogP contribution in [0.3, 0.4) is 0 Å². The molecule has 1 unspecified atom stereocenters. The van der Waals surface area contributed by atoms with Crippen LogP contribution in [0.2, 0.25) is 0 Å². The van der Waals surface area contributed by atoms with Crippen LogP contribution in [0.1, 0.15) is 25.8 Å². The Morgan fingerprint density at radius 2 is 2.00 bits per heavy atom. The first kappa shape index (κ1) is 17.5. The van der Waals surface area contributed by atoms with Gasteiger partial charge < -0.3 is 10.6 Å². The molecule has 21 heavy (non-hydrogen) atoms. The zero-order chi connectivity index (χ0) is 16.0. The third-order valence-corrected chi connectivity index (χ3v) is 3.62. The number of amides is 1. The van der Waals surface area contributed by atoms with E-state index in [1.54, 1.807) is 25.1 Å². The second-order valence-corrected chi connectivity index (χ2v) is 6.89. The molecule has 3 N–H and O–H groups in total. The average molecular weight is 313 g/mol. The van der Waals surface area contributed by atoms with Gasteiger partial charge in [-0.05, 0) is 44.0 Å². The molecule has 1 atom stereocenters. The lowest BCUT2D eigenvalue weighted by atomic mass is 10.2. The lowest BCUT2D eigenvalue weighted by molar-refractivity contribution is -0.115. The molecule has 1 rings (SSSR count). The van der Waals surface area contributed by atoms with Crippen molar-refractivity contribution in [2.24, 2.45) is 0 Å². The standard InChI is InChI=1S/C14H23N3O3S/c1-5-11(3)15-9-14(18)16-12-6-7-13(10(2)8-12)17-21(4,19)20/h6-8,11,15,17H,5,9H2,1-4H3,(H,16,18). The molecule has 1 aromatic rings. The average Bonchev–Trinajstić information content (AvgIpc) is 2.38. The summed E-state index contributed by atoms with van der Waals surface area (Å²) in [6.45, 7) is 6.09. The zero-order valence-electron chi connectivity index (χ0n) is 12.9. The van der Waals surface area contributed by atoms with Gasteiger partial charge in [0.05, 0.1) is 18.5 Å². The number of hydrogen-bond donors (Lipinski definition) is 3. The summed E-state index contributed by atoms with van der Waals surface area (Å²) in [5.74, 6) is -0.126. The molecule has 0 saturated heterocycles. The number of benzene rings is 1. The number of anilines is 2. The molecule has 7 heteroatoms. The smallest absolute Gasteiger partial charge is 0.238 e. The SMILES string of the molecule is CCC(C)NCC(=O)Nc1ccc(NS(C)(=O)=O)c(C)c1. The molecule has 0 aromatic heterocycles. The molecule has 1 amide bonds. The van der Waals surface area contributed by atoms with Crippen LogP contribution >= 0.6 is 0 Å². The number of nitrogens with one attached hydrogen (secondary N) is 3. The summed E-state index contributed by atoms with van der Waals surface area (Å²) in [6, 6.07) is 5.32. The number of aryl methyl sites for hydroxylation is 1. The van der Waals surface area contributed by atoms with Gasteiger partial charge in [-0.1, -0.05) is 6.92 Å². The molecule has 1 aromatic carbocycles.